The van der Waals surface area contributed by atoms with Crippen LogP contribution >= 0.6 is 0 Å². The third kappa shape index (κ3) is 8.40. The quantitative estimate of drug-likeness (QED) is 0.113. The predicted molar refractivity (Wildman–Crippen MR) is 240 cm³/mol. The number of benzene rings is 3. The minimum absolute atomic E-state index is 0.0614. The van der Waals surface area contributed by atoms with E-state index in [9.17, 15) is 23.6 Å². The lowest BCUT2D eigenvalue weighted by atomic mass is 9.97. The number of imidazole rings is 2. The number of halogens is 1. The number of rotatable bonds is 11. The number of methoxy groups -OCH3 is 2. The van der Waals surface area contributed by atoms with Gasteiger partial charge in [-0.2, -0.15) is 0 Å². The summed E-state index contributed by atoms with van der Waals surface area (Å²) in [4.78, 5) is 76.1. The first kappa shape index (κ1) is 43.6. The van der Waals surface area contributed by atoms with E-state index >= 15 is 0 Å². The minimum atomic E-state index is -0.762. The molecule has 0 bridgehead atoms. The van der Waals surface area contributed by atoms with Gasteiger partial charge in [0.2, 0.25) is 11.8 Å². The van der Waals surface area contributed by atoms with Crippen LogP contribution in [0.25, 0.3) is 22.1 Å². The van der Waals surface area contributed by atoms with Crippen molar-refractivity contribution in [2.45, 2.75) is 87.6 Å². The first-order valence-electron chi connectivity index (χ1n) is 23.2. The number of aromatic nitrogens is 4. The minimum Gasteiger partial charge on any atom is -0.453 e. The number of hydrogen-bond acceptors (Lipinski definition) is 11. The van der Waals surface area contributed by atoms with E-state index in [-0.39, 0.29) is 53.6 Å². The maximum absolute atomic E-state index is 14.4. The van der Waals surface area contributed by atoms with Gasteiger partial charge >= 0.3 is 12.2 Å². The molecular formula is C48H56FN9O8. The topological polar surface area (TPSA) is 196 Å². The summed E-state index contributed by atoms with van der Waals surface area (Å²) in [6.45, 7) is 2.95. The Hall–Kier alpha value is -6.27. The molecule has 5 aromatic rings. The van der Waals surface area contributed by atoms with Crippen molar-refractivity contribution in [3.05, 3.63) is 89.3 Å². The zero-order valence-corrected chi connectivity index (χ0v) is 37.2. The molecule has 17 nitrogen and oxygen atoms in total. The summed E-state index contributed by atoms with van der Waals surface area (Å²) in [6.07, 6.45) is 4.76. The lowest BCUT2D eigenvalue weighted by Gasteiger charge is -2.33. The van der Waals surface area contributed by atoms with Gasteiger partial charge in [0.1, 0.15) is 29.5 Å². The van der Waals surface area contributed by atoms with Crippen LogP contribution in [0.4, 0.5) is 19.7 Å². The first-order valence-corrected chi connectivity index (χ1v) is 23.2. The van der Waals surface area contributed by atoms with Gasteiger partial charge in [-0.25, -0.2) is 23.9 Å². The van der Waals surface area contributed by atoms with Crippen molar-refractivity contribution in [2.24, 2.45) is 11.8 Å². The monoisotopic (exact) mass is 905 g/mol. The summed E-state index contributed by atoms with van der Waals surface area (Å²) >= 11 is 0. The van der Waals surface area contributed by atoms with Crippen LogP contribution in [0, 0.1) is 17.7 Å². The zero-order valence-electron chi connectivity index (χ0n) is 37.2. The summed E-state index contributed by atoms with van der Waals surface area (Å²) in [5.74, 6) is 0.455. The van der Waals surface area contributed by atoms with Gasteiger partial charge in [-0.15, -0.1) is 0 Å². The molecule has 0 aliphatic carbocycles. The van der Waals surface area contributed by atoms with Crippen molar-refractivity contribution in [2.75, 3.05) is 58.6 Å². The zero-order chi connectivity index (χ0) is 45.5. The molecule has 5 saturated heterocycles. The Labute approximate surface area is 381 Å². The van der Waals surface area contributed by atoms with Gasteiger partial charge in [0.05, 0.1) is 73.7 Å². The number of carbonyl (C=O) groups excluding carboxylic acids is 4. The SMILES string of the molecule is COC(=O)N[C@H](C(=O)N1CCC[C@H]1c1nc2cc([C@H]3CC[C@H](c4ccc5[nH]c([C@@H]6CCCN6C(=O)[C@@H](NC(=O)OC)C6CCOC6)nc5c4)N3c3ccc(F)cc3)ccc2[nH]1)C1CCOC1. The number of alkyl carbamates (subject to hydrolysis) is 2. The fraction of sp³-hybridized carbons (Fsp3) is 0.500. The number of nitrogens with one attached hydrogen (secondary N) is 4. The molecule has 5 aliphatic rings. The molecular weight excluding hydrogens is 850 g/mol. The van der Waals surface area contributed by atoms with Gasteiger partial charge in [0.15, 0.2) is 0 Å². The van der Waals surface area contributed by atoms with Crippen molar-refractivity contribution >= 4 is 51.8 Å². The van der Waals surface area contributed by atoms with Crippen molar-refractivity contribution in [3.8, 4) is 0 Å². The van der Waals surface area contributed by atoms with Crippen LogP contribution in [0.1, 0.15) is 98.3 Å². The number of carbonyl (C=O) groups is 4. The Balaban J connectivity index is 0.907. The van der Waals surface area contributed by atoms with Gasteiger partial charge in [0.25, 0.3) is 0 Å². The number of anilines is 1. The molecule has 2 aromatic heterocycles. The van der Waals surface area contributed by atoms with Crippen molar-refractivity contribution in [1.29, 1.82) is 0 Å². The molecule has 10 rings (SSSR count). The highest BCUT2D eigenvalue weighted by Crippen LogP contribution is 2.48. The molecule has 5 aliphatic heterocycles. The molecule has 3 aromatic carbocycles. The van der Waals surface area contributed by atoms with E-state index in [4.69, 9.17) is 28.9 Å². The number of ether oxygens (including phenoxy) is 4. The number of amides is 4. The molecule has 66 heavy (non-hydrogen) atoms. The van der Waals surface area contributed by atoms with Gasteiger partial charge in [0, 0.05) is 43.8 Å². The summed E-state index contributed by atoms with van der Waals surface area (Å²) in [5.41, 5.74) is 6.30. The lowest BCUT2D eigenvalue weighted by molar-refractivity contribution is -0.136. The molecule has 5 fully saturated rings. The normalized spacial score (nSPS) is 25.2. The molecule has 0 saturated carbocycles. The summed E-state index contributed by atoms with van der Waals surface area (Å²) < 4.78 is 35.3. The van der Waals surface area contributed by atoms with E-state index in [2.05, 4.69) is 49.8 Å². The fourth-order valence-corrected chi connectivity index (χ4v) is 11.0. The van der Waals surface area contributed by atoms with E-state index in [1.54, 1.807) is 0 Å². The number of hydrogen-bond donors (Lipinski definition) is 4. The van der Waals surface area contributed by atoms with Crippen LogP contribution in [-0.2, 0) is 28.5 Å². The van der Waals surface area contributed by atoms with Gasteiger partial charge in [-0.05, 0) is 111 Å². The van der Waals surface area contributed by atoms with Crippen LogP contribution in [0.2, 0.25) is 0 Å². The maximum Gasteiger partial charge on any atom is 0.407 e. The smallest absolute Gasteiger partial charge is 0.407 e. The number of H-pyrrole nitrogens is 2. The highest BCUT2D eigenvalue weighted by atomic mass is 19.1. The Morgan fingerprint density at radius 1 is 0.652 bits per heavy atom. The van der Waals surface area contributed by atoms with Crippen molar-refractivity contribution < 1.29 is 42.5 Å². The third-order valence-electron chi connectivity index (χ3n) is 14.4. The summed E-state index contributed by atoms with van der Waals surface area (Å²) in [5, 5.41) is 5.56. The molecule has 348 valence electrons. The number of likely N-dealkylation sites (tertiary alicyclic amines) is 2. The molecule has 2 unspecified atom stereocenters. The van der Waals surface area contributed by atoms with E-state index in [0.29, 0.717) is 64.0 Å². The molecule has 4 N–H and O–H groups in total. The van der Waals surface area contributed by atoms with E-state index in [1.807, 2.05) is 34.1 Å². The highest BCUT2D eigenvalue weighted by molar-refractivity contribution is 5.88. The Bertz CT molecular complexity index is 2440. The second-order valence-corrected chi connectivity index (χ2v) is 18.1. The summed E-state index contributed by atoms with van der Waals surface area (Å²) in [6, 6.07) is 17.0. The standard InChI is InChI=1S/C48H56FN9O8/c1-63-47(61)54-41(29-17-21-65-25-29)45(59)56-19-3-5-39(56)43-50-33-13-7-27(23-35(33)52-43)37-15-16-38(58(37)32-11-9-31(49)10-12-32)28-8-14-34-36(24-28)53-44(51-34)40-6-4-20-57(40)46(60)42(55-48(62)64-2)30-18-22-66-26-30/h7-14,23-24,29-30,37-42H,3-6,15-22,25-26H2,1-2H3,(H,50,52)(H,51,53)(H,54,61)(H,55,62)/t29?,30?,37-,38-,39+,40+,41+,42+/m1/s1. The highest BCUT2D eigenvalue weighted by Gasteiger charge is 2.43. The lowest BCUT2D eigenvalue weighted by Crippen LogP contribution is -2.52. The van der Waals surface area contributed by atoms with Crippen molar-refractivity contribution in [3.63, 3.8) is 0 Å². The van der Waals surface area contributed by atoms with Gasteiger partial charge < -0.3 is 54.2 Å². The first-order chi connectivity index (χ1) is 32.2. The van der Waals surface area contributed by atoms with Crippen molar-refractivity contribution in [1.82, 2.24) is 40.4 Å². The molecule has 0 spiro atoms. The van der Waals surface area contributed by atoms with Crippen LogP contribution < -0.4 is 15.5 Å². The van der Waals surface area contributed by atoms with Gasteiger partial charge in [-0.1, -0.05) is 12.1 Å². The van der Waals surface area contributed by atoms with Crippen LogP contribution in [0.5, 0.6) is 0 Å². The molecule has 8 atom stereocenters. The van der Waals surface area contributed by atoms with Crippen LogP contribution in [0.3, 0.4) is 0 Å². The third-order valence-corrected chi connectivity index (χ3v) is 14.4. The predicted octanol–water partition coefficient (Wildman–Crippen LogP) is 6.51. The summed E-state index contributed by atoms with van der Waals surface area (Å²) in [7, 11) is 2.58. The molecule has 4 amide bonds. The maximum atomic E-state index is 14.4. The Kier molecular flexibility index (Phi) is 12.3. The van der Waals surface area contributed by atoms with E-state index in [1.165, 1.54) is 26.4 Å². The molecule has 18 heteroatoms. The van der Waals surface area contributed by atoms with Gasteiger partial charge in [-0.3, -0.25) is 9.59 Å². The second-order valence-electron chi connectivity index (χ2n) is 18.1. The molecule has 0 radical (unpaired) electrons. The number of nitrogens with zero attached hydrogens (tertiary/aromatic N) is 5. The second kappa shape index (κ2) is 18.5. The van der Waals surface area contributed by atoms with Crippen LogP contribution in [-0.4, -0.2) is 120 Å². The molecule has 7 heterocycles. The van der Waals surface area contributed by atoms with E-state index < -0.39 is 24.3 Å². The van der Waals surface area contributed by atoms with E-state index in [0.717, 1.165) is 77.4 Å². The Morgan fingerprint density at radius 3 is 1.55 bits per heavy atom. The Morgan fingerprint density at radius 2 is 1.12 bits per heavy atom. The number of fused-ring (bicyclic) bond motifs is 2. The average molecular weight is 906 g/mol. The fourth-order valence-electron chi connectivity index (χ4n) is 11.0. The van der Waals surface area contributed by atoms with Crippen LogP contribution in [0.15, 0.2) is 60.7 Å². The largest absolute Gasteiger partial charge is 0.453 e. The number of aromatic amines is 2. The average Bonchev–Trinajstić information content (AvgIpc) is 4.19.